The second-order valence-corrected chi connectivity index (χ2v) is 10.5. The minimum atomic E-state index is -0.539. The summed E-state index contributed by atoms with van der Waals surface area (Å²) < 4.78 is 7.52. The molecule has 1 saturated heterocycles. The van der Waals surface area contributed by atoms with Gasteiger partial charge in [0.15, 0.2) is 0 Å². The van der Waals surface area contributed by atoms with E-state index in [-0.39, 0.29) is 29.8 Å². The molecule has 194 valence electrons. The second-order valence-electron chi connectivity index (χ2n) is 10.5. The van der Waals surface area contributed by atoms with Crippen molar-refractivity contribution in [2.24, 2.45) is 0 Å². The molecule has 9 heteroatoms. The van der Waals surface area contributed by atoms with Crippen LogP contribution in [0.1, 0.15) is 109 Å². The summed E-state index contributed by atoms with van der Waals surface area (Å²) in [5.41, 5.74) is 1.26. The highest BCUT2D eigenvalue weighted by Gasteiger charge is 2.27. The van der Waals surface area contributed by atoms with Gasteiger partial charge < -0.3 is 19.9 Å². The first-order chi connectivity index (χ1) is 17.6. The topological polar surface area (TPSA) is 118 Å². The van der Waals surface area contributed by atoms with Gasteiger partial charge in [0.25, 0.3) is 11.8 Å². The number of nitrogens with zero attached hydrogens (tertiary/aromatic N) is 2. The van der Waals surface area contributed by atoms with Crippen LogP contribution >= 0.6 is 0 Å². The molecule has 3 fully saturated rings. The van der Waals surface area contributed by atoms with Crippen molar-refractivity contribution in [1.29, 1.82) is 0 Å². The molecule has 0 aromatic carbocycles. The van der Waals surface area contributed by atoms with Gasteiger partial charge in [0.2, 0.25) is 5.43 Å². The van der Waals surface area contributed by atoms with Crippen LogP contribution in [0.3, 0.4) is 0 Å². The van der Waals surface area contributed by atoms with Gasteiger partial charge in [-0.05, 0) is 44.6 Å². The van der Waals surface area contributed by atoms with Gasteiger partial charge in [-0.3, -0.25) is 19.5 Å². The summed E-state index contributed by atoms with van der Waals surface area (Å²) in [7, 11) is 0. The summed E-state index contributed by atoms with van der Waals surface area (Å²) in [6.45, 7) is 1.44. The summed E-state index contributed by atoms with van der Waals surface area (Å²) in [4.78, 5) is 39.7. The first kappa shape index (κ1) is 24.7. The van der Waals surface area contributed by atoms with Crippen LogP contribution in [0.15, 0.2) is 23.3 Å². The fourth-order valence-electron chi connectivity index (χ4n) is 5.28. The van der Waals surface area contributed by atoms with E-state index in [2.05, 4.69) is 20.8 Å². The molecule has 3 heterocycles. The monoisotopic (exact) mass is 495 g/mol. The van der Waals surface area contributed by atoms with Gasteiger partial charge in [-0.1, -0.05) is 32.1 Å². The van der Waals surface area contributed by atoms with Crippen LogP contribution in [-0.4, -0.2) is 45.3 Å². The number of carbonyl (C=O) groups is 2. The average molecular weight is 496 g/mol. The number of carbonyl (C=O) groups excluding carboxylic acids is 2. The Labute approximate surface area is 211 Å². The Bertz CT molecular complexity index is 1120. The highest BCUT2D eigenvalue weighted by molar-refractivity contribution is 5.99. The van der Waals surface area contributed by atoms with E-state index in [0.29, 0.717) is 19.1 Å². The SMILES string of the molecule is O=C(NCc1cc(C2CC2)n[nH]1)c1cn(C[C@H]2CCCO2)cc(C(=O)NC2CCCCCCC2)c1=O. The third-order valence-corrected chi connectivity index (χ3v) is 7.53. The molecule has 9 nitrogen and oxygen atoms in total. The fourth-order valence-corrected chi connectivity index (χ4v) is 5.28. The number of aromatic nitrogens is 3. The zero-order valence-corrected chi connectivity index (χ0v) is 20.9. The molecular formula is C27H37N5O4. The number of aromatic amines is 1. The Kier molecular flexibility index (Phi) is 7.84. The van der Waals surface area contributed by atoms with Crippen LogP contribution < -0.4 is 16.1 Å². The van der Waals surface area contributed by atoms with Crippen molar-refractivity contribution in [1.82, 2.24) is 25.4 Å². The largest absolute Gasteiger partial charge is 0.376 e. The van der Waals surface area contributed by atoms with Gasteiger partial charge in [0.1, 0.15) is 11.1 Å². The van der Waals surface area contributed by atoms with Gasteiger partial charge in [0, 0.05) is 37.5 Å². The van der Waals surface area contributed by atoms with E-state index in [0.717, 1.165) is 62.8 Å². The predicted molar refractivity (Wildman–Crippen MR) is 135 cm³/mol. The van der Waals surface area contributed by atoms with E-state index in [1.54, 1.807) is 17.0 Å². The van der Waals surface area contributed by atoms with Crippen LogP contribution in [0.4, 0.5) is 0 Å². The first-order valence-corrected chi connectivity index (χ1v) is 13.6. The molecule has 2 aromatic rings. The quantitative estimate of drug-likeness (QED) is 0.519. The van der Waals surface area contributed by atoms with Crippen LogP contribution in [-0.2, 0) is 17.8 Å². The summed E-state index contributed by atoms with van der Waals surface area (Å²) >= 11 is 0. The van der Waals surface area contributed by atoms with Crippen molar-refractivity contribution in [2.75, 3.05) is 6.61 Å². The van der Waals surface area contributed by atoms with Crippen LogP contribution in [0.25, 0.3) is 0 Å². The summed E-state index contributed by atoms with van der Waals surface area (Å²) in [6.07, 6.45) is 14.9. The lowest BCUT2D eigenvalue weighted by molar-refractivity contribution is 0.0914. The summed E-state index contributed by atoms with van der Waals surface area (Å²) in [5.74, 6) is -0.378. The Morgan fingerprint density at radius 3 is 2.39 bits per heavy atom. The van der Waals surface area contributed by atoms with E-state index in [1.807, 2.05) is 6.07 Å². The molecule has 2 aliphatic carbocycles. The molecule has 36 heavy (non-hydrogen) atoms. The Morgan fingerprint density at radius 2 is 1.69 bits per heavy atom. The van der Waals surface area contributed by atoms with Crippen molar-refractivity contribution in [3.05, 3.63) is 51.2 Å². The molecular weight excluding hydrogens is 458 g/mol. The smallest absolute Gasteiger partial charge is 0.257 e. The summed E-state index contributed by atoms with van der Waals surface area (Å²) in [6, 6.07) is 2.02. The van der Waals surface area contributed by atoms with E-state index >= 15 is 0 Å². The Morgan fingerprint density at radius 1 is 0.972 bits per heavy atom. The van der Waals surface area contributed by atoms with Crippen molar-refractivity contribution >= 4 is 11.8 Å². The number of rotatable bonds is 8. The van der Waals surface area contributed by atoms with E-state index in [4.69, 9.17) is 4.74 Å². The molecule has 0 radical (unpaired) electrons. The first-order valence-electron chi connectivity index (χ1n) is 13.6. The molecule has 5 rings (SSSR count). The van der Waals surface area contributed by atoms with Gasteiger partial charge in [0.05, 0.1) is 24.0 Å². The number of hydrogen-bond donors (Lipinski definition) is 3. The maximum Gasteiger partial charge on any atom is 0.257 e. The summed E-state index contributed by atoms with van der Waals surface area (Å²) in [5, 5.41) is 13.2. The maximum absolute atomic E-state index is 13.3. The zero-order valence-electron chi connectivity index (χ0n) is 20.9. The van der Waals surface area contributed by atoms with Crippen molar-refractivity contribution in [2.45, 2.75) is 102 Å². The van der Waals surface area contributed by atoms with Crippen molar-refractivity contribution < 1.29 is 14.3 Å². The lowest BCUT2D eigenvalue weighted by atomic mass is 9.96. The van der Waals surface area contributed by atoms with Gasteiger partial charge >= 0.3 is 0 Å². The number of hydrogen-bond acceptors (Lipinski definition) is 5. The normalized spacial score (nSPS) is 21.1. The highest BCUT2D eigenvalue weighted by Crippen LogP contribution is 2.38. The molecule has 3 aliphatic rings. The predicted octanol–water partition coefficient (Wildman–Crippen LogP) is 3.40. The Balaban J connectivity index is 1.33. The fraction of sp³-hybridized carbons (Fsp3) is 0.630. The van der Waals surface area contributed by atoms with Crippen LogP contribution in [0.2, 0.25) is 0 Å². The molecule has 2 aromatic heterocycles. The minimum absolute atomic E-state index is 0.00997. The van der Waals surface area contributed by atoms with Crippen LogP contribution in [0.5, 0.6) is 0 Å². The molecule has 2 saturated carbocycles. The van der Waals surface area contributed by atoms with E-state index < -0.39 is 17.2 Å². The van der Waals surface area contributed by atoms with Crippen molar-refractivity contribution in [3.8, 4) is 0 Å². The number of amides is 2. The zero-order chi connectivity index (χ0) is 24.9. The average Bonchev–Trinajstić information content (AvgIpc) is 3.37. The molecule has 0 unspecified atom stereocenters. The number of ether oxygens (including phenoxy) is 1. The van der Waals surface area contributed by atoms with Gasteiger partial charge in [-0.25, -0.2) is 0 Å². The van der Waals surface area contributed by atoms with Gasteiger partial charge in [-0.2, -0.15) is 5.10 Å². The third kappa shape index (κ3) is 6.24. The molecule has 1 aliphatic heterocycles. The molecule has 0 spiro atoms. The lowest BCUT2D eigenvalue weighted by Gasteiger charge is -2.21. The lowest BCUT2D eigenvalue weighted by Crippen LogP contribution is -2.40. The Hall–Kier alpha value is -2.94. The second kappa shape index (κ2) is 11.4. The highest BCUT2D eigenvalue weighted by atomic mass is 16.5. The van der Waals surface area contributed by atoms with Crippen LogP contribution in [0, 0.1) is 0 Å². The number of nitrogens with one attached hydrogen (secondary N) is 3. The minimum Gasteiger partial charge on any atom is -0.376 e. The standard InChI is InChI=1S/C27H37N5O4/c33-25-22(26(34)28-14-20-13-24(31-30-20)18-10-11-18)16-32(15-21-9-6-12-36-21)17-23(25)27(35)29-19-7-4-2-1-3-5-8-19/h13,16-19,21H,1-12,14-15H2,(H,28,34)(H,29,35)(H,30,31)/t21-/m1/s1. The number of pyridine rings is 1. The van der Waals surface area contributed by atoms with Gasteiger partial charge in [-0.15, -0.1) is 0 Å². The number of H-pyrrole nitrogens is 1. The molecule has 2 amide bonds. The molecule has 0 bridgehead atoms. The van der Waals surface area contributed by atoms with E-state index in [9.17, 15) is 14.4 Å². The maximum atomic E-state index is 13.3. The van der Waals surface area contributed by atoms with Crippen molar-refractivity contribution in [3.63, 3.8) is 0 Å². The van der Waals surface area contributed by atoms with E-state index in [1.165, 1.54) is 19.3 Å². The molecule has 1 atom stereocenters. The third-order valence-electron chi connectivity index (χ3n) is 7.53. The molecule has 3 N–H and O–H groups in total.